The molecule has 0 bridgehead atoms. The lowest BCUT2D eigenvalue weighted by Gasteiger charge is -2.11. The number of nitrogens with zero attached hydrogens (tertiary/aromatic N) is 2. The summed E-state index contributed by atoms with van der Waals surface area (Å²) >= 11 is 1.41. The summed E-state index contributed by atoms with van der Waals surface area (Å²) in [6.45, 7) is 3.32. The zero-order chi connectivity index (χ0) is 19.2. The van der Waals surface area contributed by atoms with Crippen molar-refractivity contribution in [3.63, 3.8) is 0 Å². The van der Waals surface area contributed by atoms with Gasteiger partial charge in [0, 0.05) is 16.8 Å². The van der Waals surface area contributed by atoms with Crippen molar-refractivity contribution < 1.29 is 14.1 Å². The van der Waals surface area contributed by atoms with Gasteiger partial charge in [0.15, 0.2) is 5.78 Å². The number of rotatable bonds is 7. The molecule has 0 saturated heterocycles. The van der Waals surface area contributed by atoms with E-state index in [0.29, 0.717) is 28.7 Å². The molecule has 1 N–H and O–H groups in total. The van der Waals surface area contributed by atoms with Crippen LogP contribution in [-0.4, -0.2) is 27.1 Å². The molecule has 7 heteroatoms. The summed E-state index contributed by atoms with van der Waals surface area (Å²) in [5.41, 5.74) is 2.15. The first-order valence-electron chi connectivity index (χ1n) is 8.44. The number of anilines is 1. The fourth-order valence-electron chi connectivity index (χ4n) is 2.32. The number of hydrogen-bond acceptors (Lipinski definition) is 6. The van der Waals surface area contributed by atoms with Gasteiger partial charge in [-0.05, 0) is 38.1 Å². The van der Waals surface area contributed by atoms with Crippen LogP contribution >= 0.6 is 11.8 Å². The van der Waals surface area contributed by atoms with Crippen molar-refractivity contribution in [3.8, 4) is 11.4 Å². The Kier molecular flexibility index (Phi) is 6.03. The summed E-state index contributed by atoms with van der Waals surface area (Å²) in [7, 11) is 0. The highest BCUT2D eigenvalue weighted by atomic mass is 32.2. The van der Waals surface area contributed by atoms with Gasteiger partial charge in [0.05, 0.1) is 11.0 Å². The Morgan fingerprint density at radius 1 is 1.11 bits per heavy atom. The average molecular weight is 381 g/mol. The maximum Gasteiger partial charge on any atom is 0.237 e. The Labute approximate surface area is 161 Å². The highest BCUT2D eigenvalue weighted by Gasteiger charge is 2.16. The summed E-state index contributed by atoms with van der Waals surface area (Å²) < 4.78 is 5.26. The molecular formula is C20H19N3O3S. The summed E-state index contributed by atoms with van der Waals surface area (Å²) in [5.74, 6) is 1.32. The second-order valence-electron chi connectivity index (χ2n) is 5.95. The smallest absolute Gasteiger partial charge is 0.237 e. The Morgan fingerprint density at radius 3 is 2.48 bits per heavy atom. The molecule has 2 aromatic carbocycles. The third-order valence-electron chi connectivity index (χ3n) is 3.89. The van der Waals surface area contributed by atoms with Gasteiger partial charge in [0.2, 0.25) is 17.6 Å². The van der Waals surface area contributed by atoms with Crippen molar-refractivity contribution in [1.82, 2.24) is 10.1 Å². The molecule has 0 spiro atoms. The van der Waals surface area contributed by atoms with Gasteiger partial charge < -0.3 is 9.84 Å². The van der Waals surface area contributed by atoms with Gasteiger partial charge in [0.25, 0.3) is 0 Å². The van der Waals surface area contributed by atoms with Crippen LogP contribution < -0.4 is 5.32 Å². The molecular weight excluding hydrogens is 362 g/mol. The number of nitrogens with one attached hydrogen (secondary N) is 1. The van der Waals surface area contributed by atoms with Gasteiger partial charge in [-0.3, -0.25) is 9.59 Å². The number of amides is 1. The first-order chi connectivity index (χ1) is 13.0. The number of aromatic nitrogens is 2. The Morgan fingerprint density at radius 2 is 1.81 bits per heavy atom. The third kappa shape index (κ3) is 5.04. The maximum absolute atomic E-state index is 12.3. The Bertz CT molecular complexity index is 923. The second-order valence-corrected chi connectivity index (χ2v) is 7.28. The molecule has 27 heavy (non-hydrogen) atoms. The zero-order valence-corrected chi connectivity index (χ0v) is 15.8. The van der Waals surface area contributed by atoms with Crippen molar-refractivity contribution in [2.45, 2.75) is 24.9 Å². The fourth-order valence-corrected chi connectivity index (χ4v) is 3.04. The zero-order valence-electron chi connectivity index (χ0n) is 15.0. The van der Waals surface area contributed by atoms with Crippen molar-refractivity contribution in [3.05, 3.63) is 66.1 Å². The number of carbonyl (C=O) groups is 2. The van der Waals surface area contributed by atoms with E-state index in [1.54, 1.807) is 24.3 Å². The van der Waals surface area contributed by atoms with Crippen LogP contribution in [0.3, 0.4) is 0 Å². The summed E-state index contributed by atoms with van der Waals surface area (Å²) in [5, 5.41) is 6.51. The van der Waals surface area contributed by atoms with Crippen LogP contribution in [-0.2, 0) is 10.5 Å². The topological polar surface area (TPSA) is 85.1 Å². The van der Waals surface area contributed by atoms with Gasteiger partial charge in [-0.15, -0.1) is 11.8 Å². The molecule has 0 saturated carbocycles. The van der Waals surface area contributed by atoms with Crippen LogP contribution in [0.15, 0.2) is 59.1 Å². The van der Waals surface area contributed by atoms with Crippen LogP contribution in [0.1, 0.15) is 30.1 Å². The predicted octanol–water partition coefficient (Wildman–Crippen LogP) is 4.20. The molecule has 1 amide bonds. The second kappa shape index (κ2) is 8.64. The number of thioether (sulfide) groups is 1. The lowest BCUT2D eigenvalue weighted by molar-refractivity contribution is -0.115. The number of benzene rings is 2. The number of hydrogen-bond donors (Lipinski definition) is 1. The molecule has 0 aliphatic carbocycles. The van der Waals surface area contributed by atoms with Gasteiger partial charge in [0.1, 0.15) is 0 Å². The minimum Gasteiger partial charge on any atom is -0.338 e. The average Bonchev–Trinajstić information content (AvgIpc) is 3.16. The van der Waals surface area contributed by atoms with E-state index in [-0.39, 0.29) is 16.9 Å². The monoisotopic (exact) mass is 381 g/mol. The molecule has 138 valence electrons. The molecule has 0 fully saturated rings. The minimum absolute atomic E-state index is 0.00812. The Balaban J connectivity index is 1.53. The van der Waals surface area contributed by atoms with E-state index in [2.05, 4.69) is 15.5 Å². The van der Waals surface area contributed by atoms with E-state index in [1.165, 1.54) is 18.7 Å². The molecule has 1 unspecified atom stereocenters. The van der Waals surface area contributed by atoms with Crippen molar-refractivity contribution in [2.24, 2.45) is 0 Å². The lowest BCUT2D eigenvalue weighted by Crippen LogP contribution is -2.22. The fraction of sp³-hybridized carbons (Fsp3) is 0.200. The normalized spacial score (nSPS) is 11.8. The first-order valence-corrected chi connectivity index (χ1v) is 9.49. The van der Waals surface area contributed by atoms with Gasteiger partial charge in [-0.25, -0.2) is 0 Å². The van der Waals surface area contributed by atoms with Crippen molar-refractivity contribution >= 4 is 29.1 Å². The van der Waals surface area contributed by atoms with E-state index in [0.717, 1.165) is 5.56 Å². The lowest BCUT2D eigenvalue weighted by atomic mass is 10.1. The maximum atomic E-state index is 12.3. The largest absolute Gasteiger partial charge is 0.338 e. The number of Topliss-reactive ketones (excluding diaryl/α,β-unsaturated/α-hetero) is 1. The molecule has 1 atom stereocenters. The summed E-state index contributed by atoms with van der Waals surface area (Å²) in [6, 6.07) is 16.4. The van der Waals surface area contributed by atoms with Crippen molar-refractivity contribution in [1.29, 1.82) is 0 Å². The molecule has 1 heterocycles. The van der Waals surface area contributed by atoms with Crippen LogP contribution in [0.4, 0.5) is 5.69 Å². The summed E-state index contributed by atoms with van der Waals surface area (Å²) in [4.78, 5) is 28.0. The first kappa shape index (κ1) is 18.8. The molecule has 6 nitrogen and oxygen atoms in total. The van der Waals surface area contributed by atoms with E-state index in [9.17, 15) is 9.59 Å². The molecule has 3 aromatic rings. The predicted molar refractivity (Wildman–Crippen MR) is 106 cm³/mol. The molecule has 0 aliphatic rings. The van der Waals surface area contributed by atoms with E-state index >= 15 is 0 Å². The van der Waals surface area contributed by atoms with Gasteiger partial charge in [-0.2, -0.15) is 4.98 Å². The third-order valence-corrected chi connectivity index (χ3v) is 5.01. The van der Waals surface area contributed by atoms with Crippen LogP contribution in [0.25, 0.3) is 11.4 Å². The van der Waals surface area contributed by atoms with Crippen molar-refractivity contribution in [2.75, 3.05) is 5.32 Å². The summed E-state index contributed by atoms with van der Waals surface area (Å²) in [6.07, 6.45) is 0. The van der Waals surface area contributed by atoms with E-state index in [4.69, 9.17) is 4.52 Å². The number of carbonyl (C=O) groups excluding carboxylic acids is 2. The van der Waals surface area contributed by atoms with Crippen LogP contribution in [0.2, 0.25) is 0 Å². The van der Waals surface area contributed by atoms with E-state index < -0.39 is 0 Å². The highest BCUT2D eigenvalue weighted by Crippen LogP contribution is 2.21. The van der Waals surface area contributed by atoms with Crippen LogP contribution in [0, 0.1) is 0 Å². The van der Waals surface area contributed by atoms with Gasteiger partial charge >= 0.3 is 0 Å². The molecule has 3 rings (SSSR count). The molecule has 0 radical (unpaired) electrons. The van der Waals surface area contributed by atoms with Crippen LogP contribution in [0.5, 0.6) is 0 Å². The molecule has 1 aromatic heterocycles. The Hall–Kier alpha value is -2.93. The minimum atomic E-state index is -0.301. The number of ketones is 1. The highest BCUT2D eigenvalue weighted by molar-refractivity contribution is 7.99. The SMILES string of the molecule is CC(=O)c1ccc(NC(=O)C(C)SCc2nc(-c3ccccc3)no2)cc1. The quantitative estimate of drug-likeness (QED) is 0.618. The van der Waals surface area contributed by atoms with Gasteiger partial charge in [-0.1, -0.05) is 35.5 Å². The van der Waals surface area contributed by atoms with E-state index in [1.807, 2.05) is 37.3 Å². The molecule has 0 aliphatic heterocycles. The standard InChI is InChI=1S/C20H19N3O3S/c1-13(24)15-8-10-17(11-9-15)21-20(25)14(2)27-12-18-22-19(23-26-18)16-6-4-3-5-7-16/h3-11,14H,12H2,1-2H3,(H,21,25).